The van der Waals surface area contributed by atoms with E-state index in [2.05, 4.69) is 17.2 Å². The number of rotatable bonds is 6. The van der Waals surface area contributed by atoms with Crippen LogP contribution in [0.2, 0.25) is 0 Å². The molecule has 1 fully saturated rings. The Morgan fingerprint density at radius 1 is 1.45 bits per heavy atom. The number of hydrogen-bond acceptors (Lipinski definition) is 5. The Kier molecular flexibility index (Phi) is 4.76. The van der Waals surface area contributed by atoms with Crippen molar-refractivity contribution in [1.29, 1.82) is 0 Å². The van der Waals surface area contributed by atoms with Crippen molar-refractivity contribution in [2.24, 2.45) is 0 Å². The summed E-state index contributed by atoms with van der Waals surface area (Å²) in [5.41, 5.74) is 0.0847. The van der Waals surface area contributed by atoms with Gasteiger partial charge in [-0.25, -0.2) is 4.98 Å². The Labute approximate surface area is 119 Å². The summed E-state index contributed by atoms with van der Waals surface area (Å²) in [5.74, 6) is 1.18. The molecular weight excluding hydrogens is 256 g/mol. The van der Waals surface area contributed by atoms with Crippen molar-refractivity contribution < 1.29 is 4.92 Å². The summed E-state index contributed by atoms with van der Waals surface area (Å²) in [7, 11) is 1.91. The molecule has 0 radical (unpaired) electrons. The van der Waals surface area contributed by atoms with Gasteiger partial charge in [-0.15, -0.1) is 0 Å². The molecule has 1 heterocycles. The van der Waals surface area contributed by atoms with Crippen LogP contribution in [-0.4, -0.2) is 29.5 Å². The highest BCUT2D eigenvalue weighted by Gasteiger charge is 2.26. The molecule has 0 spiro atoms. The van der Waals surface area contributed by atoms with Crippen LogP contribution in [-0.2, 0) is 0 Å². The predicted molar refractivity (Wildman–Crippen MR) is 80.3 cm³/mol. The molecule has 0 saturated heterocycles. The Bertz CT molecular complexity index is 472. The fourth-order valence-corrected chi connectivity index (χ4v) is 2.66. The number of anilines is 2. The van der Waals surface area contributed by atoms with E-state index in [4.69, 9.17) is 0 Å². The largest absolute Gasteiger partial charge is 0.370 e. The van der Waals surface area contributed by atoms with Gasteiger partial charge in [0, 0.05) is 25.7 Å². The van der Waals surface area contributed by atoms with Gasteiger partial charge in [0.25, 0.3) is 0 Å². The smallest absolute Gasteiger partial charge is 0.311 e. The quantitative estimate of drug-likeness (QED) is 0.639. The molecule has 0 aromatic carbocycles. The van der Waals surface area contributed by atoms with Crippen molar-refractivity contribution in [2.75, 3.05) is 23.8 Å². The average molecular weight is 278 g/mol. The van der Waals surface area contributed by atoms with Crippen molar-refractivity contribution in [3.05, 3.63) is 22.2 Å². The molecule has 110 valence electrons. The Balaban J connectivity index is 2.27. The Hall–Kier alpha value is -1.85. The van der Waals surface area contributed by atoms with Crippen molar-refractivity contribution in [3.63, 3.8) is 0 Å². The third-order valence-corrected chi connectivity index (χ3v) is 3.81. The normalized spacial score (nSPS) is 15.3. The van der Waals surface area contributed by atoms with Gasteiger partial charge in [0.15, 0.2) is 0 Å². The van der Waals surface area contributed by atoms with Crippen molar-refractivity contribution in [1.82, 2.24) is 4.98 Å². The van der Waals surface area contributed by atoms with Crippen LogP contribution in [0, 0.1) is 10.1 Å². The van der Waals surface area contributed by atoms with E-state index in [1.807, 2.05) is 11.9 Å². The van der Waals surface area contributed by atoms with E-state index in [9.17, 15) is 10.1 Å². The molecule has 6 heteroatoms. The molecule has 1 N–H and O–H groups in total. The number of pyridine rings is 1. The monoisotopic (exact) mass is 278 g/mol. The molecule has 0 aliphatic heterocycles. The zero-order valence-corrected chi connectivity index (χ0v) is 12.1. The van der Waals surface area contributed by atoms with Gasteiger partial charge in [0.2, 0.25) is 5.82 Å². The first kappa shape index (κ1) is 14.6. The molecule has 20 heavy (non-hydrogen) atoms. The number of aromatic nitrogens is 1. The maximum atomic E-state index is 11.2. The molecule has 0 bridgehead atoms. The lowest BCUT2D eigenvalue weighted by molar-refractivity contribution is -0.384. The molecule has 0 unspecified atom stereocenters. The minimum atomic E-state index is -0.350. The summed E-state index contributed by atoms with van der Waals surface area (Å²) < 4.78 is 0. The van der Waals surface area contributed by atoms with E-state index in [-0.39, 0.29) is 10.6 Å². The number of nitro groups is 1. The Morgan fingerprint density at radius 3 is 2.75 bits per heavy atom. The highest BCUT2D eigenvalue weighted by molar-refractivity contribution is 5.62. The topological polar surface area (TPSA) is 71.3 Å². The maximum Gasteiger partial charge on any atom is 0.311 e. The zero-order valence-electron chi connectivity index (χ0n) is 12.1. The predicted octanol–water partition coefficient (Wildman–Crippen LogP) is 3.19. The lowest BCUT2D eigenvalue weighted by Crippen LogP contribution is -2.30. The van der Waals surface area contributed by atoms with E-state index in [1.54, 1.807) is 12.1 Å². The van der Waals surface area contributed by atoms with Crippen LogP contribution in [0.1, 0.15) is 39.0 Å². The van der Waals surface area contributed by atoms with Gasteiger partial charge in [-0.3, -0.25) is 10.1 Å². The highest BCUT2D eigenvalue weighted by atomic mass is 16.6. The van der Waals surface area contributed by atoms with Crippen LogP contribution in [0.4, 0.5) is 17.3 Å². The molecule has 1 aliphatic rings. The fourth-order valence-electron chi connectivity index (χ4n) is 2.66. The first-order valence-electron chi connectivity index (χ1n) is 7.25. The minimum absolute atomic E-state index is 0.0847. The summed E-state index contributed by atoms with van der Waals surface area (Å²) >= 11 is 0. The first-order valence-corrected chi connectivity index (χ1v) is 7.25. The van der Waals surface area contributed by atoms with Gasteiger partial charge in [0.05, 0.1) is 4.92 Å². The van der Waals surface area contributed by atoms with Crippen LogP contribution >= 0.6 is 0 Å². The van der Waals surface area contributed by atoms with Crippen molar-refractivity contribution >= 4 is 17.3 Å². The van der Waals surface area contributed by atoms with E-state index in [0.29, 0.717) is 17.7 Å². The molecule has 1 aromatic heterocycles. The van der Waals surface area contributed by atoms with E-state index in [0.717, 1.165) is 25.8 Å². The molecule has 2 rings (SSSR count). The highest BCUT2D eigenvalue weighted by Crippen LogP contribution is 2.32. The SMILES string of the molecule is CCCNc1ccc([N+](=O)[O-])c(N(C)C2CCCC2)n1. The van der Waals surface area contributed by atoms with Crippen LogP contribution in [0.5, 0.6) is 0 Å². The summed E-state index contributed by atoms with van der Waals surface area (Å²) in [5, 5.41) is 14.4. The Morgan fingerprint density at radius 2 is 2.15 bits per heavy atom. The molecule has 1 saturated carbocycles. The lowest BCUT2D eigenvalue weighted by Gasteiger charge is -2.25. The van der Waals surface area contributed by atoms with Gasteiger partial charge in [-0.1, -0.05) is 19.8 Å². The van der Waals surface area contributed by atoms with Gasteiger partial charge in [0.1, 0.15) is 5.82 Å². The molecular formula is C14H22N4O2. The summed E-state index contributed by atoms with van der Waals surface area (Å²) in [4.78, 5) is 17.3. The minimum Gasteiger partial charge on any atom is -0.370 e. The molecule has 1 aromatic rings. The van der Waals surface area contributed by atoms with Gasteiger partial charge < -0.3 is 10.2 Å². The number of nitrogens with one attached hydrogen (secondary N) is 1. The second-order valence-corrected chi connectivity index (χ2v) is 5.27. The molecule has 1 aliphatic carbocycles. The first-order chi connectivity index (χ1) is 9.63. The third kappa shape index (κ3) is 3.18. The third-order valence-electron chi connectivity index (χ3n) is 3.81. The summed E-state index contributed by atoms with van der Waals surface area (Å²) in [6.45, 7) is 2.89. The van der Waals surface area contributed by atoms with Crippen molar-refractivity contribution in [3.8, 4) is 0 Å². The molecule has 0 atom stereocenters. The lowest BCUT2D eigenvalue weighted by atomic mass is 10.2. The maximum absolute atomic E-state index is 11.2. The second-order valence-electron chi connectivity index (χ2n) is 5.27. The standard InChI is InChI=1S/C14H22N4O2/c1-3-10-15-13-9-8-12(18(19)20)14(16-13)17(2)11-6-4-5-7-11/h8-9,11H,3-7,10H2,1-2H3,(H,15,16). The van der Waals surface area contributed by atoms with Gasteiger partial charge in [-0.2, -0.15) is 0 Å². The molecule has 6 nitrogen and oxygen atoms in total. The van der Waals surface area contributed by atoms with E-state index in [1.165, 1.54) is 12.8 Å². The van der Waals surface area contributed by atoms with Crippen LogP contribution in [0.15, 0.2) is 12.1 Å². The van der Waals surface area contributed by atoms with Crippen LogP contribution < -0.4 is 10.2 Å². The zero-order chi connectivity index (χ0) is 14.5. The fraction of sp³-hybridized carbons (Fsp3) is 0.643. The van der Waals surface area contributed by atoms with Crippen LogP contribution in [0.25, 0.3) is 0 Å². The van der Waals surface area contributed by atoms with Gasteiger partial charge >= 0.3 is 5.69 Å². The summed E-state index contributed by atoms with van der Waals surface area (Å²) in [6.07, 6.45) is 5.55. The van der Waals surface area contributed by atoms with Crippen molar-refractivity contribution in [2.45, 2.75) is 45.1 Å². The number of nitrogens with zero attached hydrogens (tertiary/aromatic N) is 3. The molecule has 0 amide bonds. The number of hydrogen-bond donors (Lipinski definition) is 1. The average Bonchev–Trinajstić information content (AvgIpc) is 2.98. The summed E-state index contributed by atoms with van der Waals surface area (Å²) in [6, 6.07) is 3.59. The van der Waals surface area contributed by atoms with E-state index < -0.39 is 0 Å². The van der Waals surface area contributed by atoms with Crippen LogP contribution in [0.3, 0.4) is 0 Å². The second kappa shape index (κ2) is 6.54. The van der Waals surface area contributed by atoms with E-state index >= 15 is 0 Å². The van der Waals surface area contributed by atoms with Gasteiger partial charge in [-0.05, 0) is 25.3 Å².